The molecule has 0 fully saturated rings. The molecule has 2 N–H and O–H groups in total. The summed E-state index contributed by atoms with van der Waals surface area (Å²) in [5, 5.41) is 6.81. The average Bonchev–Trinajstić information content (AvgIpc) is 2.68. The molecule has 3 rings (SSSR count). The van der Waals surface area contributed by atoms with Crippen LogP contribution < -0.4 is 10.6 Å². The van der Waals surface area contributed by atoms with Gasteiger partial charge in [0, 0.05) is 31.0 Å². The zero-order valence-electron chi connectivity index (χ0n) is 17.0. The fourth-order valence-corrected chi connectivity index (χ4v) is 2.98. The maximum absolute atomic E-state index is 5.14. The van der Waals surface area contributed by atoms with Crippen LogP contribution in [0.3, 0.4) is 0 Å². The second-order valence-corrected chi connectivity index (χ2v) is 7.67. The van der Waals surface area contributed by atoms with Crippen molar-refractivity contribution in [1.82, 2.24) is 9.97 Å². The van der Waals surface area contributed by atoms with Crippen LogP contribution in [0.15, 0.2) is 60.7 Å². The SMILES string of the molecule is COCCNc1cc(Nc2ccccc2C(C)(C)C)nc(-c2ccccc2)n1. The topological polar surface area (TPSA) is 59.1 Å². The average molecular weight is 377 g/mol. The number of nitrogens with zero attached hydrogens (tertiary/aromatic N) is 2. The first-order valence-corrected chi connectivity index (χ1v) is 9.51. The van der Waals surface area contributed by atoms with Gasteiger partial charge in [-0.25, -0.2) is 9.97 Å². The fourth-order valence-electron chi connectivity index (χ4n) is 2.98. The summed E-state index contributed by atoms with van der Waals surface area (Å²) in [4.78, 5) is 9.43. The zero-order chi connectivity index (χ0) is 20.0. The summed E-state index contributed by atoms with van der Waals surface area (Å²) in [6.07, 6.45) is 0. The molecule has 0 saturated carbocycles. The number of benzene rings is 2. The van der Waals surface area contributed by atoms with Crippen LogP contribution in [0.1, 0.15) is 26.3 Å². The Hall–Kier alpha value is -2.92. The summed E-state index contributed by atoms with van der Waals surface area (Å²) in [6.45, 7) is 7.92. The Kier molecular flexibility index (Phi) is 6.26. The first-order valence-electron chi connectivity index (χ1n) is 9.51. The minimum Gasteiger partial charge on any atom is -0.383 e. The standard InChI is InChI=1S/C23H28N4O/c1-23(2,3)18-12-8-9-13-19(18)25-21-16-20(24-14-15-28-4)26-22(27-21)17-10-6-5-7-11-17/h5-13,16H,14-15H2,1-4H3,(H2,24,25,26,27). The van der Waals surface area contributed by atoms with E-state index >= 15 is 0 Å². The van der Waals surface area contributed by atoms with Gasteiger partial charge >= 0.3 is 0 Å². The Bertz CT molecular complexity index is 904. The first-order chi connectivity index (χ1) is 13.5. The summed E-state index contributed by atoms with van der Waals surface area (Å²) < 4.78 is 5.14. The number of ether oxygens (including phenoxy) is 1. The number of methoxy groups -OCH3 is 1. The molecule has 0 spiro atoms. The third-order valence-electron chi connectivity index (χ3n) is 4.37. The van der Waals surface area contributed by atoms with Gasteiger partial charge in [-0.2, -0.15) is 0 Å². The van der Waals surface area contributed by atoms with Crippen molar-refractivity contribution in [3.63, 3.8) is 0 Å². The number of anilines is 3. The van der Waals surface area contributed by atoms with E-state index in [2.05, 4.69) is 54.6 Å². The Balaban J connectivity index is 1.97. The van der Waals surface area contributed by atoms with E-state index in [0.29, 0.717) is 19.0 Å². The van der Waals surface area contributed by atoms with Crippen LogP contribution in [0.5, 0.6) is 0 Å². The molecule has 0 atom stereocenters. The van der Waals surface area contributed by atoms with E-state index in [-0.39, 0.29) is 5.41 Å². The van der Waals surface area contributed by atoms with Gasteiger partial charge in [0.1, 0.15) is 11.6 Å². The van der Waals surface area contributed by atoms with E-state index in [9.17, 15) is 0 Å². The van der Waals surface area contributed by atoms with Gasteiger partial charge in [-0.3, -0.25) is 0 Å². The smallest absolute Gasteiger partial charge is 0.163 e. The molecule has 1 heterocycles. The van der Waals surface area contributed by atoms with E-state index in [1.165, 1.54) is 5.56 Å². The second kappa shape index (κ2) is 8.85. The number of para-hydroxylation sites is 1. The van der Waals surface area contributed by atoms with Crippen molar-refractivity contribution in [2.75, 3.05) is 30.9 Å². The van der Waals surface area contributed by atoms with Gasteiger partial charge in [-0.15, -0.1) is 0 Å². The van der Waals surface area contributed by atoms with Crippen molar-refractivity contribution in [3.05, 3.63) is 66.2 Å². The number of hydrogen-bond acceptors (Lipinski definition) is 5. The molecule has 0 aliphatic carbocycles. The van der Waals surface area contributed by atoms with Crippen LogP contribution in [0.25, 0.3) is 11.4 Å². The van der Waals surface area contributed by atoms with E-state index in [4.69, 9.17) is 9.72 Å². The molecule has 0 bridgehead atoms. The molecule has 2 aromatic carbocycles. The summed E-state index contributed by atoms with van der Waals surface area (Å²) >= 11 is 0. The summed E-state index contributed by atoms with van der Waals surface area (Å²) in [7, 11) is 1.69. The highest BCUT2D eigenvalue weighted by atomic mass is 16.5. The van der Waals surface area contributed by atoms with E-state index in [1.54, 1.807) is 7.11 Å². The Morgan fingerprint density at radius 1 is 0.893 bits per heavy atom. The van der Waals surface area contributed by atoms with Gasteiger partial charge < -0.3 is 15.4 Å². The molecule has 5 heteroatoms. The number of aromatic nitrogens is 2. The lowest BCUT2D eigenvalue weighted by molar-refractivity contribution is 0.210. The fraction of sp³-hybridized carbons (Fsp3) is 0.304. The molecule has 0 radical (unpaired) electrons. The first kappa shape index (κ1) is 19.8. The van der Waals surface area contributed by atoms with Crippen molar-refractivity contribution in [2.45, 2.75) is 26.2 Å². The number of rotatable bonds is 7. The lowest BCUT2D eigenvalue weighted by atomic mass is 9.86. The summed E-state index contributed by atoms with van der Waals surface area (Å²) in [6, 6.07) is 20.3. The predicted molar refractivity (Wildman–Crippen MR) is 116 cm³/mol. The molecular formula is C23H28N4O. The minimum absolute atomic E-state index is 0.0262. The highest BCUT2D eigenvalue weighted by Crippen LogP contribution is 2.31. The largest absolute Gasteiger partial charge is 0.383 e. The lowest BCUT2D eigenvalue weighted by Crippen LogP contribution is -2.14. The molecule has 146 valence electrons. The van der Waals surface area contributed by atoms with Crippen LogP contribution in [0, 0.1) is 0 Å². The quantitative estimate of drug-likeness (QED) is 0.552. The monoisotopic (exact) mass is 376 g/mol. The van der Waals surface area contributed by atoms with Gasteiger partial charge in [0.2, 0.25) is 0 Å². The highest BCUT2D eigenvalue weighted by Gasteiger charge is 2.18. The van der Waals surface area contributed by atoms with Crippen molar-refractivity contribution >= 4 is 17.3 Å². The zero-order valence-corrected chi connectivity index (χ0v) is 17.0. The number of nitrogens with one attached hydrogen (secondary N) is 2. The van der Waals surface area contributed by atoms with Crippen LogP contribution in [0.2, 0.25) is 0 Å². The third-order valence-corrected chi connectivity index (χ3v) is 4.37. The highest BCUT2D eigenvalue weighted by molar-refractivity contribution is 5.67. The Labute approximate surface area is 167 Å². The summed E-state index contributed by atoms with van der Waals surface area (Å²) in [5.74, 6) is 2.20. The van der Waals surface area contributed by atoms with Crippen molar-refractivity contribution < 1.29 is 4.74 Å². The molecule has 0 unspecified atom stereocenters. The van der Waals surface area contributed by atoms with Crippen molar-refractivity contribution in [2.24, 2.45) is 0 Å². The lowest BCUT2D eigenvalue weighted by Gasteiger charge is -2.23. The molecule has 1 aromatic heterocycles. The van der Waals surface area contributed by atoms with Gasteiger partial charge in [0.15, 0.2) is 5.82 Å². The van der Waals surface area contributed by atoms with E-state index in [1.807, 2.05) is 42.5 Å². The molecule has 0 amide bonds. The van der Waals surface area contributed by atoms with Crippen molar-refractivity contribution in [3.8, 4) is 11.4 Å². The summed E-state index contributed by atoms with van der Waals surface area (Å²) in [5.41, 5.74) is 3.29. The van der Waals surface area contributed by atoms with E-state index < -0.39 is 0 Å². The molecule has 0 saturated heterocycles. The predicted octanol–water partition coefficient (Wildman–Crippen LogP) is 5.24. The maximum Gasteiger partial charge on any atom is 0.163 e. The molecule has 0 aliphatic heterocycles. The van der Waals surface area contributed by atoms with Crippen LogP contribution >= 0.6 is 0 Å². The van der Waals surface area contributed by atoms with Gasteiger partial charge in [-0.1, -0.05) is 69.3 Å². The van der Waals surface area contributed by atoms with Crippen LogP contribution in [-0.4, -0.2) is 30.2 Å². The van der Waals surface area contributed by atoms with E-state index in [0.717, 1.165) is 22.9 Å². The Morgan fingerprint density at radius 3 is 2.29 bits per heavy atom. The van der Waals surface area contributed by atoms with Crippen LogP contribution in [0.4, 0.5) is 17.3 Å². The van der Waals surface area contributed by atoms with Gasteiger partial charge in [0.05, 0.1) is 6.61 Å². The Morgan fingerprint density at radius 2 is 1.57 bits per heavy atom. The number of hydrogen-bond donors (Lipinski definition) is 2. The van der Waals surface area contributed by atoms with Gasteiger partial charge in [0.25, 0.3) is 0 Å². The second-order valence-electron chi connectivity index (χ2n) is 7.67. The molecule has 0 aliphatic rings. The molecule has 28 heavy (non-hydrogen) atoms. The molecule has 5 nitrogen and oxygen atoms in total. The normalized spacial score (nSPS) is 11.3. The van der Waals surface area contributed by atoms with Crippen LogP contribution in [-0.2, 0) is 10.2 Å². The van der Waals surface area contributed by atoms with Crippen molar-refractivity contribution in [1.29, 1.82) is 0 Å². The maximum atomic E-state index is 5.14. The molecule has 3 aromatic rings. The minimum atomic E-state index is 0.0262. The molecular weight excluding hydrogens is 348 g/mol. The van der Waals surface area contributed by atoms with Gasteiger partial charge in [-0.05, 0) is 17.0 Å². The third kappa shape index (κ3) is 5.08.